The van der Waals surface area contributed by atoms with Crippen molar-refractivity contribution in [2.24, 2.45) is 0 Å². The van der Waals surface area contributed by atoms with E-state index in [1.54, 1.807) is 0 Å². The van der Waals surface area contributed by atoms with Crippen molar-refractivity contribution in [1.82, 2.24) is 0 Å². The monoisotopic (exact) mass is 267 g/mol. The van der Waals surface area contributed by atoms with Crippen LogP contribution in [0.15, 0.2) is 18.2 Å². The van der Waals surface area contributed by atoms with E-state index in [9.17, 15) is 10.1 Å². The minimum Gasteiger partial charge on any atom is -0.385 e. The third-order valence-corrected chi connectivity index (χ3v) is 2.49. The summed E-state index contributed by atoms with van der Waals surface area (Å²) in [6.07, 6.45) is 0. The Kier molecular flexibility index (Phi) is 6.08. The summed E-state index contributed by atoms with van der Waals surface area (Å²) in [5.41, 5.74) is 1.53. The van der Waals surface area contributed by atoms with E-state index in [0.717, 1.165) is 17.9 Å². The van der Waals surface area contributed by atoms with Gasteiger partial charge in [-0.2, -0.15) is 0 Å². The Balaban J connectivity index is 2.83. The molecule has 0 heterocycles. The van der Waals surface area contributed by atoms with Crippen molar-refractivity contribution in [3.05, 3.63) is 28.3 Å². The highest BCUT2D eigenvalue weighted by Gasteiger charge is 2.11. The van der Waals surface area contributed by atoms with Crippen LogP contribution in [0.1, 0.15) is 20.8 Å². The van der Waals surface area contributed by atoms with E-state index < -0.39 is 0 Å². The van der Waals surface area contributed by atoms with E-state index in [1.165, 1.54) is 12.1 Å². The molecule has 6 nitrogen and oxygen atoms in total. The number of ether oxygens (including phenoxy) is 1. The zero-order chi connectivity index (χ0) is 14.3. The highest BCUT2D eigenvalue weighted by atomic mass is 16.6. The van der Waals surface area contributed by atoms with Gasteiger partial charge in [-0.3, -0.25) is 10.1 Å². The zero-order valence-corrected chi connectivity index (χ0v) is 11.6. The molecule has 1 aromatic rings. The van der Waals surface area contributed by atoms with Gasteiger partial charge < -0.3 is 15.4 Å². The molecule has 0 aliphatic heterocycles. The fraction of sp³-hybridized carbons (Fsp3) is 0.538. The molecule has 0 saturated carbocycles. The van der Waals surface area contributed by atoms with Crippen molar-refractivity contribution in [2.75, 3.05) is 30.4 Å². The van der Waals surface area contributed by atoms with E-state index in [0.29, 0.717) is 13.2 Å². The Hall–Kier alpha value is -1.82. The topological polar surface area (TPSA) is 76.4 Å². The molecular weight excluding hydrogens is 246 g/mol. The van der Waals surface area contributed by atoms with Crippen LogP contribution < -0.4 is 10.6 Å². The molecule has 19 heavy (non-hydrogen) atoms. The van der Waals surface area contributed by atoms with Gasteiger partial charge in [-0.15, -0.1) is 0 Å². The van der Waals surface area contributed by atoms with E-state index in [2.05, 4.69) is 10.6 Å². The zero-order valence-electron chi connectivity index (χ0n) is 11.6. The van der Waals surface area contributed by atoms with Crippen molar-refractivity contribution in [3.8, 4) is 0 Å². The first-order chi connectivity index (χ1) is 9.06. The summed E-state index contributed by atoms with van der Waals surface area (Å²) in [5.74, 6) is 0. The number of nitro groups is 1. The highest BCUT2D eigenvalue weighted by molar-refractivity contribution is 5.63. The first-order valence-electron chi connectivity index (χ1n) is 6.44. The van der Waals surface area contributed by atoms with Crippen LogP contribution >= 0.6 is 0 Å². The molecule has 0 aromatic heterocycles. The summed E-state index contributed by atoms with van der Waals surface area (Å²) in [5, 5.41) is 17.2. The van der Waals surface area contributed by atoms with Crippen molar-refractivity contribution in [2.45, 2.75) is 26.8 Å². The second kappa shape index (κ2) is 7.58. The summed E-state index contributed by atoms with van der Waals surface area (Å²) in [7, 11) is 0. The third kappa shape index (κ3) is 5.13. The van der Waals surface area contributed by atoms with Gasteiger partial charge >= 0.3 is 0 Å². The fourth-order valence-electron chi connectivity index (χ4n) is 1.73. The lowest BCUT2D eigenvalue weighted by Crippen LogP contribution is -2.21. The lowest BCUT2D eigenvalue weighted by atomic mass is 10.2. The molecule has 0 aliphatic rings. The molecule has 0 aliphatic carbocycles. The lowest BCUT2D eigenvalue weighted by Gasteiger charge is -2.16. The quantitative estimate of drug-likeness (QED) is 0.559. The van der Waals surface area contributed by atoms with E-state index in [-0.39, 0.29) is 16.7 Å². The number of hydrogen-bond donors (Lipinski definition) is 2. The van der Waals surface area contributed by atoms with Crippen molar-refractivity contribution >= 4 is 17.1 Å². The molecular formula is C13H21N3O3. The summed E-state index contributed by atoms with van der Waals surface area (Å²) in [6.45, 7) is 7.79. The maximum absolute atomic E-state index is 10.9. The van der Waals surface area contributed by atoms with Gasteiger partial charge in [-0.1, -0.05) is 0 Å². The largest absolute Gasteiger partial charge is 0.385 e. The third-order valence-electron chi connectivity index (χ3n) is 2.49. The van der Waals surface area contributed by atoms with Crippen LogP contribution in [-0.2, 0) is 4.74 Å². The molecule has 1 atom stereocenters. The Morgan fingerprint density at radius 1 is 1.32 bits per heavy atom. The summed E-state index contributed by atoms with van der Waals surface area (Å²) in [4.78, 5) is 10.5. The Morgan fingerprint density at radius 3 is 2.58 bits per heavy atom. The number of anilines is 2. The van der Waals surface area contributed by atoms with Crippen LogP contribution in [0.5, 0.6) is 0 Å². The van der Waals surface area contributed by atoms with Gasteiger partial charge in [0, 0.05) is 42.7 Å². The molecule has 1 aromatic carbocycles. The molecule has 0 bridgehead atoms. The number of rotatable bonds is 8. The minimum absolute atomic E-state index is 0.0737. The number of hydrogen-bond acceptors (Lipinski definition) is 5. The number of benzene rings is 1. The lowest BCUT2D eigenvalue weighted by molar-refractivity contribution is -0.384. The van der Waals surface area contributed by atoms with E-state index in [4.69, 9.17) is 4.74 Å². The van der Waals surface area contributed by atoms with Crippen LogP contribution in [0.2, 0.25) is 0 Å². The highest BCUT2D eigenvalue weighted by Crippen LogP contribution is 2.24. The molecule has 0 radical (unpaired) electrons. The number of nitrogens with zero attached hydrogens (tertiary/aromatic N) is 1. The molecule has 2 N–H and O–H groups in total. The Bertz CT molecular complexity index is 424. The normalized spacial score (nSPS) is 11.9. The smallest absolute Gasteiger partial charge is 0.273 e. The van der Waals surface area contributed by atoms with Gasteiger partial charge in [0.15, 0.2) is 0 Å². The standard InChI is InChI=1S/C13H21N3O3/c1-4-14-11-6-12(8-13(7-11)16(17)18)15-10(3)9-19-5-2/h6-8,10,14-15H,4-5,9H2,1-3H3. The van der Waals surface area contributed by atoms with Crippen LogP contribution in [0.4, 0.5) is 17.1 Å². The van der Waals surface area contributed by atoms with Gasteiger partial charge in [-0.05, 0) is 26.8 Å². The second-order valence-corrected chi connectivity index (χ2v) is 4.26. The van der Waals surface area contributed by atoms with E-state index >= 15 is 0 Å². The molecule has 106 valence electrons. The van der Waals surface area contributed by atoms with E-state index in [1.807, 2.05) is 26.8 Å². The molecule has 1 rings (SSSR count). The van der Waals surface area contributed by atoms with Gasteiger partial charge in [0.1, 0.15) is 0 Å². The average molecular weight is 267 g/mol. The second-order valence-electron chi connectivity index (χ2n) is 4.26. The predicted molar refractivity (Wildman–Crippen MR) is 76.8 cm³/mol. The Morgan fingerprint density at radius 2 is 2.00 bits per heavy atom. The SMILES string of the molecule is CCNc1cc(NC(C)COCC)cc([N+](=O)[O-])c1. The molecule has 0 fully saturated rings. The maximum atomic E-state index is 10.9. The van der Waals surface area contributed by atoms with Crippen LogP contribution in [0.25, 0.3) is 0 Å². The number of non-ortho nitro benzene ring substituents is 1. The average Bonchev–Trinajstić information content (AvgIpc) is 2.36. The van der Waals surface area contributed by atoms with Crippen molar-refractivity contribution < 1.29 is 9.66 Å². The molecule has 0 saturated heterocycles. The Labute approximate surface area is 113 Å². The number of nitro benzene ring substituents is 1. The van der Waals surface area contributed by atoms with Gasteiger partial charge in [0.2, 0.25) is 0 Å². The molecule has 0 amide bonds. The molecule has 1 unspecified atom stereocenters. The molecule has 0 spiro atoms. The van der Waals surface area contributed by atoms with Gasteiger partial charge in [-0.25, -0.2) is 0 Å². The fourth-order valence-corrected chi connectivity index (χ4v) is 1.73. The minimum atomic E-state index is -0.390. The van der Waals surface area contributed by atoms with Gasteiger partial charge in [0.25, 0.3) is 5.69 Å². The first-order valence-corrected chi connectivity index (χ1v) is 6.44. The maximum Gasteiger partial charge on any atom is 0.273 e. The van der Waals surface area contributed by atoms with Crippen molar-refractivity contribution in [1.29, 1.82) is 0 Å². The summed E-state index contributed by atoms with van der Waals surface area (Å²) in [6, 6.07) is 5.01. The predicted octanol–water partition coefficient (Wildman–Crippen LogP) is 2.86. The van der Waals surface area contributed by atoms with Crippen LogP contribution in [0, 0.1) is 10.1 Å². The van der Waals surface area contributed by atoms with Crippen LogP contribution in [-0.4, -0.2) is 30.7 Å². The number of nitrogens with one attached hydrogen (secondary N) is 2. The first kappa shape index (κ1) is 15.2. The molecule has 6 heteroatoms. The summed E-state index contributed by atoms with van der Waals surface area (Å²) >= 11 is 0. The van der Waals surface area contributed by atoms with Crippen LogP contribution in [0.3, 0.4) is 0 Å². The van der Waals surface area contributed by atoms with Crippen molar-refractivity contribution in [3.63, 3.8) is 0 Å². The summed E-state index contributed by atoms with van der Waals surface area (Å²) < 4.78 is 5.31. The van der Waals surface area contributed by atoms with Gasteiger partial charge in [0.05, 0.1) is 11.5 Å².